The number of hydrogen-bond acceptors (Lipinski definition) is 3. The van der Waals surface area contributed by atoms with Crippen molar-refractivity contribution in [1.29, 1.82) is 0 Å². The Morgan fingerprint density at radius 3 is 2.56 bits per heavy atom. The van der Waals surface area contributed by atoms with Gasteiger partial charge in [0.05, 0.1) is 6.10 Å². The zero-order valence-electron chi connectivity index (χ0n) is 10.9. The van der Waals surface area contributed by atoms with Crippen LogP contribution in [0.15, 0.2) is 30.3 Å². The first-order chi connectivity index (χ1) is 8.84. The predicted molar refractivity (Wildman–Crippen MR) is 72.9 cm³/mol. The normalized spacial score (nSPS) is 18.5. The van der Waals surface area contributed by atoms with Crippen LogP contribution >= 0.6 is 0 Å². The molecule has 1 heterocycles. The number of aliphatic hydroxyl groups is 1. The summed E-state index contributed by atoms with van der Waals surface area (Å²) in [6.07, 6.45) is 4.39. The number of hydrogen-bond donors (Lipinski definition) is 1. The molecule has 1 aliphatic heterocycles. The molecule has 18 heavy (non-hydrogen) atoms. The molecule has 0 spiro atoms. The van der Waals surface area contributed by atoms with Gasteiger partial charge in [0.25, 0.3) is 0 Å². The summed E-state index contributed by atoms with van der Waals surface area (Å²) in [5.41, 5.74) is 0. The summed E-state index contributed by atoms with van der Waals surface area (Å²) in [5, 5.41) is 9.89. The van der Waals surface area contributed by atoms with E-state index < -0.39 is 0 Å². The predicted octanol–water partition coefficient (Wildman–Crippen LogP) is 2.30. The summed E-state index contributed by atoms with van der Waals surface area (Å²) in [5.74, 6) is 0.828. The highest BCUT2D eigenvalue weighted by molar-refractivity contribution is 5.20. The zero-order chi connectivity index (χ0) is 12.6. The molecule has 100 valence electrons. The fourth-order valence-electron chi connectivity index (χ4n) is 2.31. The number of ether oxygens (including phenoxy) is 1. The number of likely N-dealkylation sites (tertiary alicyclic amines) is 1. The molecule has 0 amide bonds. The van der Waals surface area contributed by atoms with E-state index in [1.54, 1.807) is 0 Å². The highest BCUT2D eigenvalue weighted by Crippen LogP contribution is 2.11. The topological polar surface area (TPSA) is 32.7 Å². The van der Waals surface area contributed by atoms with Crippen LogP contribution < -0.4 is 4.74 Å². The Morgan fingerprint density at radius 2 is 1.83 bits per heavy atom. The van der Waals surface area contributed by atoms with E-state index in [9.17, 15) is 5.11 Å². The molecule has 1 saturated heterocycles. The maximum Gasteiger partial charge on any atom is 0.119 e. The number of para-hydroxylation sites is 1. The first-order valence-electron chi connectivity index (χ1n) is 6.93. The second kappa shape index (κ2) is 7.39. The molecule has 1 fully saturated rings. The molecule has 0 aromatic heterocycles. The smallest absolute Gasteiger partial charge is 0.119 e. The van der Waals surface area contributed by atoms with Gasteiger partial charge in [0.15, 0.2) is 0 Å². The average Bonchev–Trinajstić information content (AvgIpc) is 2.45. The largest absolute Gasteiger partial charge is 0.491 e. The van der Waals surface area contributed by atoms with Crippen molar-refractivity contribution in [2.75, 3.05) is 26.2 Å². The maximum absolute atomic E-state index is 9.89. The lowest BCUT2D eigenvalue weighted by atomic mass is 10.1. The number of aliphatic hydroxyl groups excluding tert-OH is 1. The molecular weight excluding hydrogens is 226 g/mol. The minimum Gasteiger partial charge on any atom is -0.491 e. The van der Waals surface area contributed by atoms with E-state index in [4.69, 9.17) is 4.74 Å². The van der Waals surface area contributed by atoms with Crippen molar-refractivity contribution in [3.8, 4) is 5.75 Å². The summed E-state index contributed by atoms with van der Waals surface area (Å²) in [4.78, 5) is 2.44. The highest BCUT2D eigenvalue weighted by Gasteiger charge is 2.12. The molecule has 0 bridgehead atoms. The van der Waals surface area contributed by atoms with Gasteiger partial charge >= 0.3 is 0 Å². The summed E-state index contributed by atoms with van der Waals surface area (Å²) < 4.78 is 5.54. The molecule has 0 aliphatic carbocycles. The van der Waals surface area contributed by atoms with E-state index >= 15 is 0 Å². The average molecular weight is 249 g/mol. The van der Waals surface area contributed by atoms with Crippen molar-refractivity contribution in [1.82, 2.24) is 4.90 Å². The van der Waals surface area contributed by atoms with Crippen molar-refractivity contribution < 1.29 is 9.84 Å². The molecular formula is C15H23NO2. The Hall–Kier alpha value is -1.06. The number of piperidine rings is 1. The van der Waals surface area contributed by atoms with Crippen LogP contribution in [0.1, 0.15) is 25.7 Å². The van der Waals surface area contributed by atoms with Gasteiger partial charge in [-0.15, -0.1) is 0 Å². The van der Waals surface area contributed by atoms with Crippen molar-refractivity contribution in [2.45, 2.75) is 31.8 Å². The van der Waals surface area contributed by atoms with Crippen LogP contribution in [0, 0.1) is 0 Å². The third-order valence-corrected chi connectivity index (χ3v) is 3.41. The molecule has 3 heteroatoms. The van der Waals surface area contributed by atoms with E-state index in [1.807, 2.05) is 30.3 Å². The van der Waals surface area contributed by atoms with Crippen molar-refractivity contribution in [2.24, 2.45) is 0 Å². The molecule has 0 unspecified atom stereocenters. The summed E-state index contributed by atoms with van der Waals surface area (Å²) in [7, 11) is 0. The molecule has 1 atom stereocenters. The van der Waals surface area contributed by atoms with Gasteiger partial charge in [0.1, 0.15) is 12.4 Å². The number of benzene rings is 1. The summed E-state index contributed by atoms with van der Waals surface area (Å²) in [6, 6.07) is 9.67. The summed E-state index contributed by atoms with van der Waals surface area (Å²) in [6.45, 7) is 3.75. The van der Waals surface area contributed by atoms with Crippen LogP contribution in [-0.4, -0.2) is 42.4 Å². The Morgan fingerprint density at radius 1 is 1.11 bits per heavy atom. The first kappa shape index (κ1) is 13.4. The zero-order valence-corrected chi connectivity index (χ0v) is 10.9. The second-order valence-electron chi connectivity index (χ2n) is 4.97. The molecule has 2 rings (SSSR count). The van der Waals surface area contributed by atoms with Crippen molar-refractivity contribution >= 4 is 0 Å². The molecule has 1 N–H and O–H groups in total. The van der Waals surface area contributed by atoms with E-state index in [1.165, 1.54) is 32.4 Å². The lowest BCUT2D eigenvalue weighted by Gasteiger charge is -2.27. The van der Waals surface area contributed by atoms with Crippen molar-refractivity contribution in [3.05, 3.63) is 30.3 Å². The van der Waals surface area contributed by atoms with Crippen LogP contribution in [0.2, 0.25) is 0 Å². The highest BCUT2D eigenvalue weighted by atomic mass is 16.5. The Labute approximate surface area is 109 Å². The standard InChI is InChI=1S/C15H23NO2/c17-14(9-12-16-10-5-2-6-11-16)13-18-15-7-3-1-4-8-15/h1,3-4,7-8,14,17H,2,5-6,9-13H2/t14-/m1/s1. The maximum atomic E-state index is 9.89. The fourth-order valence-corrected chi connectivity index (χ4v) is 2.31. The Balaban J connectivity index is 1.61. The van der Waals surface area contributed by atoms with Crippen LogP contribution in [0.3, 0.4) is 0 Å². The first-order valence-corrected chi connectivity index (χ1v) is 6.93. The van der Waals surface area contributed by atoms with Gasteiger partial charge in [-0.05, 0) is 44.5 Å². The number of nitrogens with zero attached hydrogens (tertiary/aromatic N) is 1. The SMILES string of the molecule is O[C@H](CCN1CCCCC1)COc1ccccc1. The third kappa shape index (κ3) is 4.67. The quantitative estimate of drug-likeness (QED) is 0.839. The lowest BCUT2D eigenvalue weighted by molar-refractivity contribution is 0.0845. The van der Waals surface area contributed by atoms with E-state index in [-0.39, 0.29) is 6.10 Å². The van der Waals surface area contributed by atoms with Crippen LogP contribution in [0.25, 0.3) is 0 Å². The number of rotatable bonds is 6. The van der Waals surface area contributed by atoms with Crippen LogP contribution in [0.5, 0.6) is 5.75 Å². The lowest BCUT2D eigenvalue weighted by Crippen LogP contribution is -2.33. The fraction of sp³-hybridized carbons (Fsp3) is 0.600. The summed E-state index contributed by atoms with van der Waals surface area (Å²) >= 11 is 0. The Kier molecular flexibility index (Phi) is 5.49. The minimum atomic E-state index is -0.368. The molecule has 1 aliphatic rings. The van der Waals surface area contributed by atoms with E-state index in [2.05, 4.69) is 4.90 Å². The molecule has 3 nitrogen and oxygen atoms in total. The van der Waals surface area contributed by atoms with Gasteiger partial charge in [-0.2, -0.15) is 0 Å². The molecule has 1 aromatic carbocycles. The van der Waals surface area contributed by atoms with Crippen LogP contribution in [0.4, 0.5) is 0 Å². The minimum absolute atomic E-state index is 0.368. The monoisotopic (exact) mass is 249 g/mol. The van der Waals surface area contributed by atoms with E-state index in [0.29, 0.717) is 6.61 Å². The van der Waals surface area contributed by atoms with Crippen LogP contribution in [-0.2, 0) is 0 Å². The van der Waals surface area contributed by atoms with Gasteiger partial charge in [0, 0.05) is 6.54 Å². The van der Waals surface area contributed by atoms with Gasteiger partial charge in [-0.1, -0.05) is 24.6 Å². The van der Waals surface area contributed by atoms with Gasteiger partial charge in [-0.3, -0.25) is 0 Å². The van der Waals surface area contributed by atoms with Gasteiger partial charge < -0.3 is 14.7 Å². The van der Waals surface area contributed by atoms with E-state index in [0.717, 1.165) is 18.7 Å². The van der Waals surface area contributed by atoms with Gasteiger partial charge in [-0.25, -0.2) is 0 Å². The van der Waals surface area contributed by atoms with Crippen molar-refractivity contribution in [3.63, 3.8) is 0 Å². The molecule has 0 saturated carbocycles. The molecule has 1 aromatic rings. The molecule has 0 radical (unpaired) electrons. The third-order valence-electron chi connectivity index (χ3n) is 3.41. The second-order valence-corrected chi connectivity index (χ2v) is 4.97. The Bertz CT molecular complexity index is 323. The van der Waals surface area contributed by atoms with Gasteiger partial charge in [0.2, 0.25) is 0 Å².